The van der Waals surface area contributed by atoms with Crippen molar-refractivity contribution in [3.05, 3.63) is 53.0 Å². The second-order valence-electron chi connectivity index (χ2n) is 4.69. The van der Waals surface area contributed by atoms with Gasteiger partial charge in [-0.05, 0) is 30.3 Å². The van der Waals surface area contributed by atoms with Crippen molar-refractivity contribution in [3.8, 4) is 11.5 Å². The van der Waals surface area contributed by atoms with Gasteiger partial charge in [-0.3, -0.25) is 0 Å². The molecule has 0 saturated carbocycles. The van der Waals surface area contributed by atoms with E-state index in [0.29, 0.717) is 12.4 Å². The summed E-state index contributed by atoms with van der Waals surface area (Å²) in [5.41, 5.74) is 1.77. The molecule has 23 heavy (non-hydrogen) atoms. The number of fused-ring (bicyclic) bond motifs is 1. The molecule has 0 unspecified atom stereocenters. The summed E-state index contributed by atoms with van der Waals surface area (Å²) in [5, 5.41) is 4.89. The highest BCUT2D eigenvalue weighted by Gasteiger charge is 2.04. The number of para-hydroxylation sites is 1. The average molecular weight is 328 g/mol. The van der Waals surface area contributed by atoms with Crippen molar-refractivity contribution in [1.82, 2.24) is 4.98 Å². The molecule has 1 aromatic heterocycles. The Morgan fingerprint density at radius 2 is 2.00 bits per heavy atom. The van der Waals surface area contributed by atoms with Crippen molar-refractivity contribution >= 4 is 27.8 Å². The Morgan fingerprint density at radius 1 is 1.13 bits per heavy atom. The minimum Gasteiger partial charge on any atom is -0.497 e. The molecule has 0 aliphatic rings. The van der Waals surface area contributed by atoms with Crippen molar-refractivity contribution in [2.75, 3.05) is 14.2 Å². The number of ether oxygens (including phenoxy) is 2. The van der Waals surface area contributed by atoms with E-state index in [2.05, 4.69) is 10.1 Å². The molecule has 3 aromatic rings. The SMILES string of the molecule is COc1ccc(OC)c(/C=N\OCc2nc3ccccc3s2)c1. The number of methoxy groups -OCH3 is 2. The number of hydrogen-bond donors (Lipinski definition) is 0. The van der Waals surface area contributed by atoms with Crippen LogP contribution >= 0.6 is 11.3 Å². The Morgan fingerprint density at radius 3 is 2.78 bits per heavy atom. The third-order valence-electron chi connectivity index (χ3n) is 3.23. The summed E-state index contributed by atoms with van der Waals surface area (Å²) in [7, 11) is 3.23. The highest BCUT2D eigenvalue weighted by atomic mass is 32.1. The normalized spacial score (nSPS) is 11.0. The van der Waals surface area contributed by atoms with E-state index in [1.54, 1.807) is 31.8 Å². The Bertz CT molecular complexity index is 797. The van der Waals surface area contributed by atoms with E-state index < -0.39 is 0 Å². The molecule has 0 aliphatic carbocycles. The Labute approximate surface area is 138 Å². The predicted molar refractivity (Wildman–Crippen MR) is 91.5 cm³/mol. The molecule has 3 rings (SSSR count). The third kappa shape index (κ3) is 3.60. The molecule has 2 aromatic carbocycles. The zero-order valence-corrected chi connectivity index (χ0v) is 13.7. The van der Waals surface area contributed by atoms with Gasteiger partial charge < -0.3 is 14.3 Å². The van der Waals surface area contributed by atoms with Gasteiger partial charge in [0.2, 0.25) is 0 Å². The largest absolute Gasteiger partial charge is 0.497 e. The standard InChI is InChI=1S/C17H16N2O3S/c1-20-13-7-8-15(21-2)12(9-13)10-18-22-11-17-19-14-5-3-4-6-16(14)23-17/h3-10H,11H2,1-2H3/b18-10-. The number of benzene rings is 2. The van der Waals surface area contributed by atoms with Crippen LogP contribution in [0.4, 0.5) is 0 Å². The van der Waals surface area contributed by atoms with Crippen LogP contribution in [0.25, 0.3) is 10.2 Å². The first kappa shape index (κ1) is 15.3. The third-order valence-corrected chi connectivity index (χ3v) is 4.24. The molecule has 0 saturated heterocycles. The monoisotopic (exact) mass is 328 g/mol. The number of hydrogen-bond acceptors (Lipinski definition) is 6. The zero-order valence-electron chi connectivity index (χ0n) is 12.9. The minimum atomic E-state index is 0.335. The quantitative estimate of drug-likeness (QED) is 0.509. The predicted octanol–water partition coefficient (Wildman–Crippen LogP) is 3.86. The number of thiazole rings is 1. The average Bonchev–Trinajstić information content (AvgIpc) is 3.01. The van der Waals surface area contributed by atoms with Crippen LogP contribution in [-0.4, -0.2) is 25.4 Å². The highest BCUT2D eigenvalue weighted by Crippen LogP contribution is 2.23. The van der Waals surface area contributed by atoms with Gasteiger partial charge in [0, 0.05) is 5.56 Å². The molecule has 5 nitrogen and oxygen atoms in total. The van der Waals surface area contributed by atoms with Crippen LogP contribution in [0.5, 0.6) is 11.5 Å². The first-order chi connectivity index (χ1) is 11.3. The molecule has 0 N–H and O–H groups in total. The van der Waals surface area contributed by atoms with Crippen molar-refractivity contribution in [2.45, 2.75) is 6.61 Å². The first-order valence-electron chi connectivity index (χ1n) is 7.02. The molecule has 0 amide bonds. The lowest BCUT2D eigenvalue weighted by Crippen LogP contribution is -1.93. The number of rotatable bonds is 6. The van der Waals surface area contributed by atoms with Crippen molar-refractivity contribution in [2.24, 2.45) is 5.16 Å². The fourth-order valence-corrected chi connectivity index (χ4v) is 2.98. The van der Waals surface area contributed by atoms with Gasteiger partial charge in [0.1, 0.15) is 16.5 Å². The van der Waals surface area contributed by atoms with Crippen LogP contribution in [-0.2, 0) is 11.4 Å². The van der Waals surface area contributed by atoms with Gasteiger partial charge in [-0.2, -0.15) is 0 Å². The van der Waals surface area contributed by atoms with Gasteiger partial charge in [0.05, 0.1) is 30.7 Å². The molecule has 0 fully saturated rings. The summed E-state index contributed by atoms with van der Waals surface area (Å²) in [4.78, 5) is 9.84. The molecular formula is C17H16N2O3S. The summed E-state index contributed by atoms with van der Waals surface area (Å²) in [6.07, 6.45) is 1.61. The fraction of sp³-hybridized carbons (Fsp3) is 0.176. The van der Waals surface area contributed by atoms with E-state index in [1.807, 2.05) is 42.5 Å². The lowest BCUT2D eigenvalue weighted by Gasteiger charge is -2.06. The van der Waals surface area contributed by atoms with Crippen LogP contribution in [0.2, 0.25) is 0 Å². The Kier molecular flexibility index (Phi) is 4.73. The number of aromatic nitrogens is 1. The lowest BCUT2D eigenvalue weighted by atomic mass is 10.2. The van der Waals surface area contributed by atoms with Crippen LogP contribution in [0, 0.1) is 0 Å². The fourth-order valence-electron chi connectivity index (χ4n) is 2.11. The van der Waals surface area contributed by atoms with E-state index in [-0.39, 0.29) is 0 Å². The van der Waals surface area contributed by atoms with Gasteiger partial charge in [0.15, 0.2) is 6.61 Å². The summed E-state index contributed by atoms with van der Waals surface area (Å²) < 4.78 is 11.6. The molecule has 118 valence electrons. The lowest BCUT2D eigenvalue weighted by molar-refractivity contribution is 0.132. The summed E-state index contributed by atoms with van der Waals surface area (Å²) in [6.45, 7) is 0.335. The van der Waals surface area contributed by atoms with Gasteiger partial charge in [-0.25, -0.2) is 4.98 Å². The maximum Gasteiger partial charge on any atom is 0.168 e. The molecular weight excluding hydrogens is 312 g/mol. The first-order valence-corrected chi connectivity index (χ1v) is 7.83. The van der Waals surface area contributed by atoms with Crippen LogP contribution in [0.3, 0.4) is 0 Å². The smallest absolute Gasteiger partial charge is 0.168 e. The molecule has 0 radical (unpaired) electrons. The van der Waals surface area contributed by atoms with E-state index in [9.17, 15) is 0 Å². The Balaban J connectivity index is 1.67. The maximum atomic E-state index is 5.35. The van der Waals surface area contributed by atoms with E-state index in [0.717, 1.165) is 26.5 Å². The van der Waals surface area contributed by atoms with Crippen molar-refractivity contribution < 1.29 is 14.3 Å². The maximum absolute atomic E-state index is 5.35. The van der Waals surface area contributed by atoms with E-state index in [4.69, 9.17) is 14.3 Å². The molecule has 1 heterocycles. The highest BCUT2D eigenvalue weighted by molar-refractivity contribution is 7.18. The van der Waals surface area contributed by atoms with Gasteiger partial charge in [-0.15, -0.1) is 11.3 Å². The van der Waals surface area contributed by atoms with Crippen molar-refractivity contribution in [3.63, 3.8) is 0 Å². The number of oxime groups is 1. The van der Waals surface area contributed by atoms with Gasteiger partial charge >= 0.3 is 0 Å². The molecule has 0 aliphatic heterocycles. The molecule has 0 bridgehead atoms. The minimum absolute atomic E-state index is 0.335. The topological polar surface area (TPSA) is 52.9 Å². The van der Waals surface area contributed by atoms with Crippen LogP contribution < -0.4 is 9.47 Å². The van der Waals surface area contributed by atoms with E-state index >= 15 is 0 Å². The van der Waals surface area contributed by atoms with Gasteiger partial charge in [0.25, 0.3) is 0 Å². The van der Waals surface area contributed by atoms with Crippen molar-refractivity contribution in [1.29, 1.82) is 0 Å². The molecule has 6 heteroatoms. The van der Waals surface area contributed by atoms with E-state index in [1.165, 1.54) is 0 Å². The zero-order chi connectivity index (χ0) is 16.1. The number of nitrogens with zero attached hydrogens (tertiary/aromatic N) is 2. The molecule has 0 atom stereocenters. The Hall–Kier alpha value is -2.60. The molecule has 0 spiro atoms. The van der Waals surface area contributed by atoms with Gasteiger partial charge in [-0.1, -0.05) is 17.3 Å². The van der Waals surface area contributed by atoms with Crippen LogP contribution in [0.1, 0.15) is 10.6 Å². The second kappa shape index (κ2) is 7.11. The summed E-state index contributed by atoms with van der Waals surface area (Å²) in [5.74, 6) is 1.44. The summed E-state index contributed by atoms with van der Waals surface area (Å²) in [6, 6.07) is 13.5. The second-order valence-corrected chi connectivity index (χ2v) is 5.81. The summed E-state index contributed by atoms with van der Waals surface area (Å²) >= 11 is 1.60. The van der Waals surface area contributed by atoms with Crippen LogP contribution in [0.15, 0.2) is 47.6 Å².